The normalized spacial score (nSPS) is 10.4. The van der Waals surface area contributed by atoms with Crippen molar-refractivity contribution in [3.05, 3.63) is 5.89 Å². The molecule has 8 nitrogen and oxygen atoms in total. The van der Waals surface area contributed by atoms with Gasteiger partial charge in [-0.1, -0.05) is 5.10 Å². The summed E-state index contributed by atoms with van der Waals surface area (Å²) in [7, 11) is 0. The van der Waals surface area contributed by atoms with Gasteiger partial charge in [0.25, 0.3) is 0 Å². The molecule has 0 aliphatic heterocycles. The topological polar surface area (TPSA) is 111 Å². The van der Waals surface area contributed by atoms with Gasteiger partial charge in [0, 0.05) is 0 Å². The van der Waals surface area contributed by atoms with Crippen LogP contribution in [-0.4, -0.2) is 30.9 Å². The molecule has 0 amide bonds. The minimum atomic E-state index is -0.325. The van der Waals surface area contributed by atoms with Crippen LogP contribution < -0.4 is 0 Å². The molecule has 0 fully saturated rings. The van der Waals surface area contributed by atoms with E-state index < -0.39 is 0 Å². The number of aromatic nitrogens is 5. The van der Waals surface area contributed by atoms with Gasteiger partial charge in [-0.2, -0.15) is 0 Å². The molecule has 1 N–H and O–H groups in total. The molecule has 0 aromatic carbocycles. The van der Waals surface area contributed by atoms with Crippen molar-refractivity contribution in [2.75, 3.05) is 0 Å². The van der Waals surface area contributed by atoms with Crippen molar-refractivity contribution < 1.29 is 14.0 Å². The fraction of sp³-hybridized carbons (Fsp3) is 0.250. The van der Waals surface area contributed by atoms with E-state index in [1.54, 1.807) is 0 Å². The lowest BCUT2D eigenvalue weighted by Crippen LogP contribution is -1.79. The van der Waals surface area contributed by atoms with Crippen LogP contribution >= 0.6 is 0 Å². The summed E-state index contributed by atoms with van der Waals surface area (Å²) in [4.78, 5) is 0. The van der Waals surface area contributed by atoms with Gasteiger partial charge in [-0.15, -0.1) is 10.2 Å². The van der Waals surface area contributed by atoms with Gasteiger partial charge < -0.3 is 14.0 Å². The Balaban J connectivity index is 2.35. The third kappa shape index (κ3) is 1.03. The van der Waals surface area contributed by atoms with Crippen molar-refractivity contribution in [1.29, 1.82) is 0 Å². The van der Waals surface area contributed by atoms with Gasteiger partial charge in [0.1, 0.15) is 6.61 Å². The van der Waals surface area contributed by atoms with E-state index in [9.17, 15) is 0 Å². The maximum atomic E-state index is 8.57. The van der Waals surface area contributed by atoms with Crippen molar-refractivity contribution in [3.8, 4) is 11.8 Å². The SMILES string of the molecule is OCc1nnc(-c2nnno2)o1. The first-order valence-corrected chi connectivity index (χ1v) is 2.99. The highest BCUT2D eigenvalue weighted by Crippen LogP contribution is 2.12. The van der Waals surface area contributed by atoms with Crippen LogP contribution in [0.5, 0.6) is 0 Å². The number of nitrogens with zero attached hydrogens (tertiary/aromatic N) is 5. The zero-order valence-electron chi connectivity index (χ0n) is 5.71. The largest absolute Gasteiger partial charge is 0.414 e. The summed E-state index contributed by atoms with van der Waals surface area (Å²) in [5.41, 5.74) is 0. The Hall–Kier alpha value is -1.83. The average molecular weight is 169 g/mol. The van der Waals surface area contributed by atoms with Gasteiger partial charge in [0.05, 0.1) is 5.27 Å². The van der Waals surface area contributed by atoms with Crippen molar-refractivity contribution in [2.45, 2.75) is 6.61 Å². The molecule has 0 saturated carbocycles. The summed E-state index contributed by atoms with van der Waals surface area (Å²) >= 11 is 0. The first kappa shape index (κ1) is 6.85. The van der Waals surface area contributed by atoms with Crippen molar-refractivity contribution in [3.63, 3.8) is 0 Å². The Morgan fingerprint density at radius 2 is 2.08 bits per heavy atom. The van der Waals surface area contributed by atoms with E-state index in [2.05, 4.69) is 30.3 Å². The molecule has 0 unspecified atom stereocenters. The average Bonchev–Trinajstić information content (AvgIpc) is 2.75. The van der Waals surface area contributed by atoms with E-state index in [1.807, 2.05) is 0 Å². The lowest BCUT2D eigenvalue weighted by Gasteiger charge is -1.80. The molecule has 0 aliphatic carbocycles. The quantitative estimate of drug-likeness (QED) is 0.609. The molecular formula is C4H3N5O3. The standard InChI is InChI=1S/C4H3N5O3/c10-1-2-5-6-3(11-2)4-7-8-9-12-4/h10H,1H2. The zero-order chi connectivity index (χ0) is 8.39. The Labute approximate surface area is 65.2 Å². The van der Waals surface area contributed by atoms with Crippen molar-refractivity contribution >= 4 is 0 Å². The molecule has 2 aromatic rings. The maximum absolute atomic E-state index is 8.57. The second-order valence-electron chi connectivity index (χ2n) is 1.83. The highest BCUT2D eigenvalue weighted by atomic mass is 16.5. The Morgan fingerprint density at radius 3 is 2.67 bits per heavy atom. The molecule has 12 heavy (non-hydrogen) atoms. The van der Waals surface area contributed by atoms with Crippen molar-refractivity contribution in [1.82, 2.24) is 25.8 Å². The molecule has 2 heterocycles. The summed E-state index contributed by atoms with van der Waals surface area (Å²) < 4.78 is 9.40. The molecule has 0 aliphatic rings. The van der Waals surface area contributed by atoms with Gasteiger partial charge in [-0.3, -0.25) is 0 Å². The van der Waals surface area contributed by atoms with Crippen LogP contribution in [0.1, 0.15) is 5.89 Å². The van der Waals surface area contributed by atoms with Crippen LogP contribution in [0.25, 0.3) is 11.8 Å². The maximum Gasteiger partial charge on any atom is 0.335 e. The lowest BCUT2D eigenvalue weighted by molar-refractivity contribution is 0.240. The van der Waals surface area contributed by atoms with Gasteiger partial charge in [0.2, 0.25) is 5.89 Å². The van der Waals surface area contributed by atoms with Crippen LogP contribution in [0.2, 0.25) is 0 Å². The molecular weight excluding hydrogens is 166 g/mol. The molecule has 2 aromatic heterocycles. The Kier molecular flexibility index (Phi) is 1.52. The summed E-state index contributed by atoms with van der Waals surface area (Å²) in [6, 6.07) is 0. The van der Waals surface area contributed by atoms with E-state index in [0.717, 1.165) is 0 Å². The highest BCUT2D eigenvalue weighted by molar-refractivity contribution is 5.32. The highest BCUT2D eigenvalue weighted by Gasteiger charge is 2.13. The summed E-state index contributed by atoms with van der Waals surface area (Å²) in [5, 5.41) is 25.3. The first-order valence-electron chi connectivity index (χ1n) is 2.99. The minimum absolute atomic E-state index is 0.0298. The van der Waals surface area contributed by atoms with E-state index in [-0.39, 0.29) is 24.3 Å². The predicted molar refractivity (Wildman–Crippen MR) is 31.3 cm³/mol. The van der Waals surface area contributed by atoms with Crippen LogP contribution in [0.3, 0.4) is 0 Å². The van der Waals surface area contributed by atoms with Crippen LogP contribution in [0.4, 0.5) is 0 Å². The predicted octanol–water partition coefficient (Wildman–Crippen LogP) is -0.993. The molecule has 62 valence electrons. The van der Waals surface area contributed by atoms with Gasteiger partial charge in [0.15, 0.2) is 0 Å². The van der Waals surface area contributed by atoms with E-state index in [0.29, 0.717) is 0 Å². The van der Waals surface area contributed by atoms with E-state index >= 15 is 0 Å². The molecule has 2 rings (SSSR count). The third-order valence-electron chi connectivity index (χ3n) is 1.08. The number of aliphatic hydroxyl groups is 1. The fourth-order valence-corrected chi connectivity index (χ4v) is 0.620. The summed E-state index contributed by atoms with van der Waals surface area (Å²) in [6.07, 6.45) is 0. The van der Waals surface area contributed by atoms with E-state index in [4.69, 9.17) is 9.52 Å². The first-order chi connectivity index (χ1) is 5.90. The number of aliphatic hydroxyl groups excluding tert-OH is 1. The Bertz CT molecular complexity index is 354. The molecule has 0 bridgehead atoms. The summed E-state index contributed by atoms with van der Waals surface area (Å²) in [5.74, 6) is 0.162. The molecule has 8 heteroatoms. The Morgan fingerprint density at radius 1 is 1.17 bits per heavy atom. The monoisotopic (exact) mass is 169 g/mol. The zero-order valence-corrected chi connectivity index (χ0v) is 5.71. The van der Waals surface area contributed by atoms with Crippen LogP contribution in [-0.2, 0) is 6.61 Å². The molecule has 0 radical (unpaired) electrons. The van der Waals surface area contributed by atoms with Gasteiger partial charge in [-0.05, 0) is 5.21 Å². The molecule has 0 atom stereocenters. The second kappa shape index (κ2) is 2.66. The number of hydrogen-bond acceptors (Lipinski definition) is 8. The smallest absolute Gasteiger partial charge is 0.335 e. The van der Waals surface area contributed by atoms with Crippen LogP contribution in [0, 0.1) is 0 Å². The fourth-order valence-electron chi connectivity index (χ4n) is 0.620. The molecule has 0 saturated heterocycles. The third-order valence-corrected chi connectivity index (χ3v) is 1.08. The van der Waals surface area contributed by atoms with Crippen molar-refractivity contribution in [2.24, 2.45) is 0 Å². The van der Waals surface area contributed by atoms with Gasteiger partial charge >= 0.3 is 11.8 Å². The second-order valence-corrected chi connectivity index (χ2v) is 1.83. The molecule has 0 spiro atoms. The van der Waals surface area contributed by atoms with Gasteiger partial charge in [-0.25, -0.2) is 0 Å². The van der Waals surface area contributed by atoms with E-state index in [1.165, 1.54) is 0 Å². The summed E-state index contributed by atoms with van der Waals surface area (Å²) in [6.45, 7) is -0.325. The minimum Gasteiger partial charge on any atom is -0.414 e. The lowest BCUT2D eigenvalue weighted by atomic mass is 10.7. The van der Waals surface area contributed by atoms with Crippen LogP contribution in [0.15, 0.2) is 8.94 Å². The number of hydrogen-bond donors (Lipinski definition) is 1. The number of rotatable bonds is 2.